The fourth-order valence-electron chi connectivity index (χ4n) is 3.44. The van der Waals surface area contributed by atoms with Crippen LogP contribution in [0.4, 0.5) is 0 Å². The monoisotopic (exact) mass is 385 g/mol. The van der Waals surface area contributed by atoms with E-state index >= 15 is 0 Å². The maximum absolute atomic E-state index is 13.3. The Bertz CT molecular complexity index is 833. The number of Topliss-reactive ketones (excluding diaryl/α,β-unsaturated/α-hetero) is 1. The third-order valence-electron chi connectivity index (χ3n) is 6.09. The van der Waals surface area contributed by atoms with Crippen molar-refractivity contribution in [3.05, 3.63) is 41.7 Å². The van der Waals surface area contributed by atoms with E-state index in [-0.39, 0.29) is 10.8 Å². The van der Waals surface area contributed by atoms with Gasteiger partial charge in [-0.1, -0.05) is 32.9 Å². The highest BCUT2D eigenvalue weighted by atomic mass is 28.4. The lowest BCUT2D eigenvalue weighted by molar-refractivity contribution is -0.0286. The number of hydrogen-bond donors (Lipinski definition) is 0. The van der Waals surface area contributed by atoms with E-state index in [0.29, 0.717) is 17.7 Å². The molecule has 0 spiro atoms. The van der Waals surface area contributed by atoms with Gasteiger partial charge < -0.3 is 13.9 Å². The van der Waals surface area contributed by atoms with Crippen molar-refractivity contribution < 1.29 is 18.7 Å². The number of nitriles is 1. The largest absolute Gasteiger partial charge is 0.547 e. The van der Waals surface area contributed by atoms with Gasteiger partial charge in [0.1, 0.15) is 18.0 Å². The number of rotatable bonds is 3. The Morgan fingerprint density at radius 1 is 1.30 bits per heavy atom. The maximum atomic E-state index is 13.3. The second-order valence-corrected chi connectivity index (χ2v) is 13.5. The summed E-state index contributed by atoms with van der Waals surface area (Å²) in [6.07, 6.45) is 0.816. The molecule has 1 heterocycles. The molecule has 27 heavy (non-hydrogen) atoms. The summed E-state index contributed by atoms with van der Waals surface area (Å²) in [4.78, 5) is 13.3. The summed E-state index contributed by atoms with van der Waals surface area (Å²) < 4.78 is 18.2. The van der Waals surface area contributed by atoms with Gasteiger partial charge in [-0.05, 0) is 36.3 Å². The lowest BCUT2D eigenvalue weighted by Gasteiger charge is -2.46. The zero-order valence-electron chi connectivity index (χ0n) is 16.8. The molecule has 1 aliphatic carbocycles. The first-order chi connectivity index (χ1) is 12.6. The first-order valence-corrected chi connectivity index (χ1v) is 12.1. The number of benzene rings is 1. The number of fused-ring (bicyclic) bond motifs is 2. The van der Waals surface area contributed by atoms with E-state index < -0.39 is 25.9 Å². The minimum Gasteiger partial charge on any atom is -0.547 e. The molecule has 1 aliphatic heterocycles. The van der Waals surface area contributed by atoms with Gasteiger partial charge in [0.2, 0.25) is 8.32 Å². The molecule has 0 radical (unpaired) electrons. The van der Waals surface area contributed by atoms with Crippen LogP contribution >= 0.6 is 0 Å². The van der Waals surface area contributed by atoms with Crippen LogP contribution in [0.3, 0.4) is 0 Å². The van der Waals surface area contributed by atoms with Crippen LogP contribution in [-0.4, -0.2) is 33.4 Å². The number of para-hydroxylation sites is 1. The standard InChI is InChI=1S/C21H27NO4Si/c1-20(2,3)27(5,6)26-14-11-17(24-4)21(13-22)18(12-14)25-16-10-8-7-9-15(16)19(21)23/h7-11,17-18H,12H2,1-6H3/t17-,18+,21-/m1/s1. The van der Waals surface area contributed by atoms with Gasteiger partial charge in [-0.3, -0.25) is 4.79 Å². The molecule has 0 saturated carbocycles. The van der Waals surface area contributed by atoms with Crippen LogP contribution in [0.25, 0.3) is 0 Å². The van der Waals surface area contributed by atoms with E-state index in [1.165, 1.54) is 7.11 Å². The minimum atomic E-state index is -2.06. The van der Waals surface area contributed by atoms with Gasteiger partial charge in [-0.2, -0.15) is 5.26 Å². The van der Waals surface area contributed by atoms with Gasteiger partial charge in [0.15, 0.2) is 11.2 Å². The molecule has 0 bridgehead atoms. The Morgan fingerprint density at radius 3 is 2.56 bits per heavy atom. The molecule has 0 aromatic heterocycles. The van der Waals surface area contributed by atoms with Crippen molar-refractivity contribution in [2.75, 3.05) is 7.11 Å². The topological polar surface area (TPSA) is 68.6 Å². The quantitative estimate of drug-likeness (QED) is 0.718. The van der Waals surface area contributed by atoms with E-state index in [0.717, 1.165) is 5.76 Å². The van der Waals surface area contributed by atoms with Crippen LogP contribution in [0.2, 0.25) is 18.1 Å². The van der Waals surface area contributed by atoms with Crippen molar-refractivity contribution in [2.45, 2.75) is 57.5 Å². The summed E-state index contributed by atoms with van der Waals surface area (Å²) in [5.41, 5.74) is -0.969. The average molecular weight is 386 g/mol. The molecule has 3 rings (SSSR count). The second kappa shape index (κ2) is 6.50. The molecule has 0 saturated heterocycles. The summed E-state index contributed by atoms with van der Waals surface area (Å²) in [5, 5.41) is 10.1. The number of carbonyl (C=O) groups is 1. The predicted molar refractivity (Wildman–Crippen MR) is 105 cm³/mol. The first kappa shape index (κ1) is 19.7. The highest BCUT2D eigenvalue weighted by Crippen LogP contribution is 2.48. The fourth-order valence-corrected chi connectivity index (χ4v) is 4.55. The van der Waals surface area contributed by atoms with Gasteiger partial charge in [0, 0.05) is 13.5 Å². The van der Waals surface area contributed by atoms with Crippen molar-refractivity contribution in [1.29, 1.82) is 5.26 Å². The van der Waals surface area contributed by atoms with E-state index in [1.54, 1.807) is 24.3 Å². The van der Waals surface area contributed by atoms with Crippen LogP contribution in [0.1, 0.15) is 37.6 Å². The van der Waals surface area contributed by atoms with Crippen LogP contribution in [0.5, 0.6) is 5.75 Å². The summed E-state index contributed by atoms with van der Waals surface area (Å²) in [6.45, 7) is 10.9. The smallest absolute Gasteiger partial charge is 0.250 e. The lowest BCUT2D eigenvalue weighted by Crippen LogP contribution is -2.57. The van der Waals surface area contributed by atoms with E-state index in [9.17, 15) is 10.1 Å². The zero-order valence-corrected chi connectivity index (χ0v) is 17.8. The molecule has 0 fully saturated rings. The number of ketones is 1. The normalized spacial score (nSPS) is 27.6. The molecule has 1 aromatic rings. The number of carbonyl (C=O) groups excluding carboxylic acids is 1. The van der Waals surface area contributed by atoms with Crippen LogP contribution < -0.4 is 4.74 Å². The third-order valence-corrected chi connectivity index (χ3v) is 10.5. The van der Waals surface area contributed by atoms with Crippen LogP contribution in [0, 0.1) is 16.7 Å². The Morgan fingerprint density at radius 2 is 1.96 bits per heavy atom. The molecular formula is C21H27NO4Si. The van der Waals surface area contributed by atoms with E-state index in [1.807, 2.05) is 6.07 Å². The molecule has 5 nitrogen and oxygen atoms in total. The van der Waals surface area contributed by atoms with Crippen LogP contribution in [0.15, 0.2) is 36.1 Å². The van der Waals surface area contributed by atoms with Gasteiger partial charge in [-0.15, -0.1) is 0 Å². The summed E-state index contributed by atoms with van der Waals surface area (Å²) in [6, 6.07) is 9.30. The number of ether oxygens (including phenoxy) is 2. The third kappa shape index (κ3) is 2.99. The molecule has 6 heteroatoms. The molecule has 0 amide bonds. The highest BCUT2D eigenvalue weighted by Gasteiger charge is 2.59. The highest BCUT2D eigenvalue weighted by molar-refractivity contribution is 6.74. The molecule has 0 unspecified atom stereocenters. The summed E-state index contributed by atoms with van der Waals surface area (Å²) in [5.74, 6) is 1.02. The Balaban J connectivity index is 2.04. The second-order valence-electron chi connectivity index (χ2n) is 8.77. The van der Waals surface area contributed by atoms with Crippen molar-refractivity contribution in [1.82, 2.24) is 0 Å². The fraction of sp³-hybridized carbons (Fsp3) is 0.524. The summed E-state index contributed by atoms with van der Waals surface area (Å²) in [7, 11) is -0.547. The Hall–Kier alpha value is -2.10. The molecule has 1 aromatic carbocycles. The van der Waals surface area contributed by atoms with Gasteiger partial charge in [0.05, 0.1) is 17.4 Å². The maximum Gasteiger partial charge on any atom is 0.250 e. The molecule has 2 aliphatic rings. The Labute approximate surface area is 162 Å². The Kier molecular flexibility index (Phi) is 4.73. The number of methoxy groups -OCH3 is 1. The van der Waals surface area contributed by atoms with Gasteiger partial charge in [-0.25, -0.2) is 0 Å². The molecule has 0 N–H and O–H groups in total. The van der Waals surface area contributed by atoms with Crippen molar-refractivity contribution in [3.8, 4) is 11.8 Å². The van der Waals surface area contributed by atoms with Crippen LogP contribution in [-0.2, 0) is 9.16 Å². The van der Waals surface area contributed by atoms with Gasteiger partial charge >= 0.3 is 0 Å². The molecule has 144 valence electrons. The minimum absolute atomic E-state index is 0.0377. The summed E-state index contributed by atoms with van der Waals surface area (Å²) >= 11 is 0. The first-order valence-electron chi connectivity index (χ1n) is 9.21. The van der Waals surface area contributed by atoms with Crippen molar-refractivity contribution in [3.63, 3.8) is 0 Å². The van der Waals surface area contributed by atoms with Crippen molar-refractivity contribution in [2.24, 2.45) is 5.41 Å². The number of hydrogen-bond acceptors (Lipinski definition) is 5. The zero-order chi connectivity index (χ0) is 20.0. The molecule has 3 atom stereocenters. The van der Waals surface area contributed by atoms with Crippen molar-refractivity contribution >= 4 is 14.1 Å². The van der Waals surface area contributed by atoms with Gasteiger partial charge in [0.25, 0.3) is 0 Å². The van der Waals surface area contributed by atoms with E-state index in [4.69, 9.17) is 13.9 Å². The predicted octanol–water partition coefficient (Wildman–Crippen LogP) is 4.46. The molecular weight excluding hydrogens is 358 g/mol. The lowest BCUT2D eigenvalue weighted by atomic mass is 9.67. The number of nitrogens with zero attached hydrogens (tertiary/aromatic N) is 1. The SMILES string of the molecule is CO[C@@H]1C=C(O[Si](C)(C)C(C)(C)C)C[C@@H]2Oc3ccccc3C(=O)[C@@]21C#N. The average Bonchev–Trinajstić information content (AvgIpc) is 2.60. The van der Waals surface area contributed by atoms with E-state index in [2.05, 4.69) is 39.9 Å².